The quantitative estimate of drug-likeness (QED) is 0.233. The van der Waals surface area contributed by atoms with Crippen LogP contribution in [0.25, 0.3) is 0 Å². The van der Waals surface area contributed by atoms with E-state index in [9.17, 15) is 4.79 Å². The average molecular weight is 423 g/mol. The summed E-state index contributed by atoms with van der Waals surface area (Å²) in [7, 11) is 3.42. The van der Waals surface area contributed by atoms with Crippen molar-refractivity contribution >= 4 is 17.7 Å². The zero-order valence-electron chi connectivity index (χ0n) is 18.5. The highest BCUT2D eigenvalue weighted by molar-refractivity contribution is 5.98. The van der Waals surface area contributed by atoms with Crippen molar-refractivity contribution in [2.75, 3.05) is 32.6 Å². The number of carbonyl (C=O) groups excluding carboxylic acids is 1. The SMILES string of the molecule is C=C(N/C(=C\C=O)CNc1ccccc1OCC)N(C)/N=C(\C)c1ccc(OC)cc1. The number of benzene rings is 2. The standard InChI is InChI=1S/C24H30N4O3/c1-6-31-24-10-8-7-9-23(24)25-17-21(15-16-29)26-19(3)28(4)27-18(2)20-11-13-22(30-5)14-12-20/h7-16,25-26H,3,6,17H2,1-2,4-5H3/b21-15-,27-18+. The lowest BCUT2D eigenvalue weighted by molar-refractivity contribution is -0.104. The van der Waals surface area contributed by atoms with E-state index in [1.807, 2.05) is 62.4 Å². The van der Waals surface area contributed by atoms with Gasteiger partial charge in [-0.1, -0.05) is 18.7 Å². The van der Waals surface area contributed by atoms with Gasteiger partial charge in [-0.05, 0) is 61.9 Å². The fraction of sp³-hybridized carbons (Fsp3) is 0.250. The Morgan fingerprint density at radius 2 is 1.90 bits per heavy atom. The first-order valence-electron chi connectivity index (χ1n) is 9.97. The number of hydrogen-bond acceptors (Lipinski definition) is 7. The van der Waals surface area contributed by atoms with Crippen LogP contribution in [0.3, 0.4) is 0 Å². The summed E-state index contributed by atoms with van der Waals surface area (Å²) < 4.78 is 10.8. The first kappa shape index (κ1) is 23.5. The number of rotatable bonds is 12. The molecule has 0 fully saturated rings. The summed E-state index contributed by atoms with van der Waals surface area (Å²) in [6.45, 7) is 8.84. The van der Waals surface area contributed by atoms with E-state index in [0.717, 1.165) is 34.7 Å². The molecule has 31 heavy (non-hydrogen) atoms. The van der Waals surface area contributed by atoms with Gasteiger partial charge in [-0.2, -0.15) is 5.10 Å². The van der Waals surface area contributed by atoms with E-state index in [-0.39, 0.29) is 0 Å². The van der Waals surface area contributed by atoms with E-state index in [4.69, 9.17) is 9.47 Å². The molecule has 0 bridgehead atoms. The summed E-state index contributed by atoms with van der Waals surface area (Å²) in [4.78, 5) is 11.1. The number of aldehydes is 1. The zero-order valence-corrected chi connectivity index (χ0v) is 18.5. The van der Waals surface area contributed by atoms with Crippen LogP contribution in [0.4, 0.5) is 5.69 Å². The van der Waals surface area contributed by atoms with Gasteiger partial charge in [0.2, 0.25) is 0 Å². The van der Waals surface area contributed by atoms with E-state index in [2.05, 4.69) is 22.3 Å². The normalized spacial score (nSPS) is 11.5. The molecule has 0 spiro atoms. The largest absolute Gasteiger partial charge is 0.497 e. The molecule has 0 heterocycles. The second-order valence-electron chi connectivity index (χ2n) is 6.62. The topological polar surface area (TPSA) is 75.2 Å². The Morgan fingerprint density at radius 1 is 1.19 bits per heavy atom. The van der Waals surface area contributed by atoms with E-state index < -0.39 is 0 Å². The van der Waals surface area contributed by atoms with Gasteiger partial charge in [0.05, 0.1) is 31.7 Å². The molecular weight excluding hydrogens is 392 g/mol. The molecule has 7 heteroatoms. The lowest BCUT2D eigenvalue weighted by Gasteiger charge is -2.21. The van der Waals surface area contributed by atoms with Crippen LogP contribution in [0, 0.1) is 0 Å². The van der Waals surface area contributed by atoms with E-state index in [1.54, 1.807) is 19.2 Å². The molecule has 2 N–H and O–H groups in total. The Hall–Kier alpha value is -3.74. The van der Waals surface area contributed by atoms with Crippen molar-refractivity contribution in [1.29, 1.82) is 0 Å². The molecule has 164 valence electrons. The highest BCUT2D eigenvalue weighted by Gasteiger charge is 2.07. The molecule has 0 aliphatic rings. The van der Waals surface area contributed by atoms with E-state index in [0.29, 0.717) is 24.7 Å². The van der Waals surface area contributed by atoms with Gasteiger partial charge in [-0.15, -0.1) is 0 Å². The van der Waals surface area contributed by atoms with Crippen LogP contribution in [-0.4, -0.2) is 44.3 Å². The predicted octanol–water partition coefficient (Wildman–Crippen LogP) is 4.01. The maximum atomic E-state index is 11.1. The number of methoxy groups -OCH3 is 1. The second kappa shape index (κ2) is 12.1. The van der Waals surface area contributed by atoms with Crippen LogP contribution in [-0.2, 0) is 4.79 Å². The number of hydrogen-bond donors (Lipinski definition) is 2. The summed E-state index contributed by atoms with van der Waals surface area (Å²) in [5.74, 6) is 2.07. The monoisotopic (exact) mass is 422 g/mol. The van der Waals surface area contributed by atoms with Gasteiger partial charge in [0, 0.05) is 12.7 Å². The molecule has 2 rings (SSSR count). The molecule has 0 aromatic heterocycles. The molecule has 0 unspecified atom stereocenters. The Bertz CT molecular complexity index is 936. The van der Waals surface area contributed by atoms with Crippen LogP contribution in [0.2, 0.25) is 0 Å². The van der Waals surface area contributed by atoms with Crippen molar-refractivity contribution < 1.29 is 14.3 Å². The number of carbonyl (C=O) groups is 1. The van der Waals surface area contributed by atoms with Gasteiger partial charge in [-0.3, -0.25) is 9.80 Å². The number of nitrogens with one attached hydrogen (secondary N) is 2. The molecule has 7 nitrogen and oxygen atoms in total. The van der Waals surface area contributed by atoms with Gasteiger partial charge in [0.25, 0.3) is 0 Å². The fourth-order valence-electron chi connectivity index (χ4n) is 2.75. The smallest absolute Gasteiger partial charge is 0.144 e. The summed E-state index contributed by atoms with van der Waals surface area (Å²) in [5.41, 5.74) is 3.28. The van der Waals surface area contributed by atoms with Crippen molar-refractivity contribution in [3.05, 3.63) is 78.3 Å². The Balaban J connectivity index is 2.02. The third kappa shape index (κ3) is 7.22. The molecule has 0 amide bonds. The molecule has 2 aromatic carbocycles. The van der Waals surface area contributed by atoms with Crippen LogP contribution in [0.15, 0.2) is 77.8 Å². The average Bonchev–Trinajstić information content (AvgIpc) is 2.78. The molecule has 0 aliphatic heterocycles. The van der Waals surface area contributed by atoms with Crippen molar-refractivity contribution in [1.82, 2.24) is 10.3 Å². The lowest BCUT2D eigenvalue weighted by Crippen LogP contribution is -2.27. The molecule has 0 aliphatic carbocycles. The maximum Gasteiger partial charge on any atom is 0.144 e. The van der Waals surface area contributed by atoms with Crippen molar-refractivity contribution in [3.8, 4) is 11.5 Å². The van der Waals surface area contributed by atoms with Crippen LogP contribution >= 0.6 is 0 Å². The third-order valence-electron chi connectivity index (χ3n) is 4.43. The number of anilines is 1. The Labute approximate surface area is 184 Å². The number of hydrazone groups is 1. The number of para-hydroxylation sites is 2. The summed E-state index contributed by atoms with van der Waals surface area (Å²) >= 11 is 0. The summed E-state index contributed by atoms with van der Waals surface area (Å²) in [6, 6.07) is 15.3. The second-order valence-corrected chi connectivity index (χ2v) is 6.62. The Morgan fingerprint density at radius 3 is 2.55 bits per heavy atom. The van der Waals surface area contributed by atoms with E-state index >= 15 is 0 Å². The minimum atomic E-state index is 0.386. The maximum absolute atomic E-state index is 11.1. The van der Waals surface area contributed by atoms with Gasteiger partial charge >= 0.3 is 0 Å². The molecular formula is C24H30N4O3. The van der Waals surface area contributed by atoms with Crippen molar-refractivity contribution in [2.24, 2.45) is 5.10 Å². The van der Waals surface area contributed by atoms with Gasteiger partial charge in [0.1, 0.15) is 23.6 Å². The number of allylic oxidation sites excluding steroid dienone is 1. The minimum Gasteiger partial charge on any atom is -0.497 e. The molecule has 2 aromatic rings. The molecule has 0 saturated carbocycles. The first-order chi connectivity index (χ1) is 15.0. The highest BCUT2D eigenvalue weighted by atomic mass is 16.5. The zero-order chi connectivity index (χ0) is 22.6. The lowest BCUT2D eigenvalue weighted by atomic mass is 10.1. The summed E-state index contributed by atoms with van der Waals surface area (Å²) in [6.07, 6.45) is 2.19. The van der Waals surface area contributed by atoms with Gasteiger partial charge < -0.3 is 20.1 Å². The minimum absolute atomic E-state index is 0.386. The molecule has 0 saturated heterocycles. The Kier molecular flexibility index (Phi) is 9.16. The first-order valence-corrected chi connectivity index (χ1v) is 9.97. The molecule has 0 radical (unpaired) electrons. The highest BCUT2D eigenvalue weighted by Crippen LogP contribution is 2.23. The third-order valence-corrected chi connectivity index (χ3v) is 4.43. The van der Waals surface area contributed by atoms with Gasteiger partial charge in [-0.25, -0.2) is 0 Å². The summed E-state index contributed by atoms with van der Waals surface area (Å²) in [5, 5.41) is 12.6. The number of ether oxygens (including phenoxy) is 2. The van der Waals surface area contributed by atoms with Crippen molar-refractivity contribution in [2.45, 2.75) is 13.8 Å². The predicted molar refractivity (Wildman–Crippen MR) is 125 cm³/mol. The van der Waals surface area contributed by atoms with Gasteiger partial charge in [0.15, 0.2) is 0 Å². The fourth-order valence-corrected chi connectivity index (χ4v) is 2.75. The molecule has 0 atom stereocenters. The van der Waals surface area contributed by atoms with E-state index in [1.165, 1.54) is 6.08 Å². The van der Waals surface area contributed by atoms with Crippen LogP contribution < -0.4 is 20.1 Å². The van der Waals surface area contributed by atoms with Crippen LogP contribution in [0.5, 0.6) is 11.5 Å². The van der Waals surface area contributed by atoms with Crippen molar-refractivity contribution in [3.63, 3.8) is 0 Å². The van der Waals surface area contributed by atoms with Crippen LogP contribution in [0.1, 0.15) is 19.4 Å². The number of nitrogens with zero attached hydrogens (tertiary/aromatic N) is 2.